The Morgan fingerprint density at radius 1 is 1.12 bits per heavy atom. The highest BCUT2D eigenvalue weighted by Gasteiger charge is 2.11. The SMILES string of the molecule is CC(C)c1nnc(NC(=O)CSCC(=O)Nc2ccc(Cl)cc2)s1. The zero-order chi connectivity index (χ0) is 17.5. The second-order valence-corrected chi connectivity index (χ2v) is 7.63. The van der Waals surface area contributed by atoms with Gasteiger partial charge in [0.25, 0.3) is 0 Å². The molecule has 0 fully saturated rings. The number of hydrogen-bond acceptors (Lipinski definition) is 6. The molecule has 0 bridgehead atoms. The lowest BCUT2D eigenvalue weighted by molar-refractivity contribution is -0.114. The monoisotopic (exact) mass is 384 g/mol. The van der Waals surface area contributed by atoms with E-state index in [1.807, 2.05) is 13.8 Å². The van der Waals surface area contributed by atoms with Crippen molar-refractivity contribution in [3.63, 3.8) is 0 Å². The van der Waals surface area contributed by atoms with E-state index in [-0.39, 0.29) is 29.2 Å². The van der Waals surface area contributed by atoms with Gasteiger partial charge in [-0.2, -0.15) is 0 Å². The van der Waals surface area contributed by atoms with E-state index >= 15 is 0 Å². The van der Waals surface area contributed by atoms with E-state index in [0.717, 1.165) is 5.01 Å². The van der Waals surface area contributed by atoms with Gasteiger partial charge in [0, 0.05) is 16.6 Å². The average Bonchev–Trinajstić information content (AvgIpc) is 2.98. The zero-order valence-corrected chi connectivity index (χ0v) is 15.6. The summed E-state index contributed by atoms with van der Waals surface area (Å²) in [6.45, 7) is 4.03. The number of rotatable bonds is 7. The lowest BCUT2D eigenvalue weighted by Crippen LogP contribution is -2.18. The molecule has 2 aromatic rings. The van der Waals surface area contributed by atoms with Gasteiger partial charge in [-0.3, -0.25) is 14.9 Å². The Morgan fingerprint density at radius 3 is 2.33 bits per heavy atom. The van der Waals surface area contributed by atoms with E-state index in [4.69, 9.17) is 11.6 Å². The number of anilines is 2. The molecular formula is C15H17ClN4O2S2. The molecule has 0 atom stereocenters. The molecule has 0 radical (unpaired) electrons. The molecule has 6 nitrogen and oxygen atoms in total. The maximum atomic E-state index is 11.8. The Balaban J connectivity index is 1.69. The van der Waals surface area contributed by atoms with E-state index in [9.17, 15) is 9.59 Å². The Bertz CT molecular complexity index is 704. The molecule has 128 valence electrons. The summed E-state index contributed by atoms with van der Waals surface area (Å²) in [4.78, 5) is 23.6. The van der Waals surface area contributed by atoms with Crippen molar-refractivity contribution in [2.45, 2.75) is 19.8 Å². The number of aromatic nitrogens is 2. The van der Waals surface area contributed by atoms with Gasteiger partial charge in [0.1, 0.15) is 5.01 Å². The third kappa shape index (κ3) is 6.10. The van der Waals surface area contributed by atoms with Crippen molar-refractivity contribution in [3.8, 4) is 0 Å². The van der Waals surface area contributed by atoms with Crippen molar-refractivity contribution in [3.05, 3.63) is 34.3 Å². The number of nitrogens with one attached hydrogen (secondary N) is 2. The molecule has 1 heterocycles. The average molecular weight is 385 g/mol. The van der Waals surface area contributed by atoms with Crippen molar-refractivity contribution in [1.82, 2.24) is 10.2 Å². The molecule has 0 aliphatic rings. The van der Waals surface area contributed by atoms with Crippen LogP contribution in [0.25, 0.3) is 0 Å². The molecule has 0 spiro atoms. The van der Waals surface area contributed by atoms with Crippen LogP contribution in [0.2, 0.25) is 5.02 Å². The van der Waals surface area contributed by atoms with Gasteiger partial charge in [-0.1, -0.05) is 36.8 Å². The Kier molecular flexibility index (Phi) is 7.01. The fourth-order valence-electron chi connectivity index (χ4n) is 1.64. The highest BCUT2D eigenvalue weighted by Crippen LogP contribution is 2.22. The standard InChI is InChI=1S/C15H17ClN4O2S2/c1-9(2)14-19-20-15(24-14)18-13(22)8-23-7-12(21)17-11-5-3-10(16)4-6-11/h3-6,9H,7-8H2,1-2H3,(H,17,21)(H,18,20,22). The second-order valence-electron chi connectivity index (χ2n) is 5.20. The van der Waals surface area contributed by atoms with Crippen LogP contribution in [0.3, 0.4) is 0 Å². The minimum atomic E-state index is -0.203. The van der Waals surface area contributed by atoms with Crippen LogP contribution in [-0.2, 0) is 9.59 Å². The van der Waals surface area contributed by atoms with E-state index in [2.05, 4.69) is 20.8 Å². The zero-order valence-electron chi connectivity index (χ0n) is 13.2. The number of carbonyl (C=O) groups is 2. The lowest BCUT2D eigenvalue weighted by atomic mass is 10.2. The summed E-state index contributed by atoms with van der Waals surface area (Å²) >= 11 is 8.37. The van der Waals surface area contributed by atoms with Crippen molar-refractivity contribution in [2.24, 2.45) is 0 Å². The summed E-state index contributed by atoms with van der Waals surface area (Å²) in [6.07, 6.45) is 0. The molecule has 0 unspecified atom stereocenters. The molecule has 0 saturated carbocycles. The van der Waals surface area contributed by atoms with E-state index < -0.39 is 0 Å². The molecule has 24 heavy (non-hydrogen) atoms. The van der Waals surface area contributed by atoms with E-state index in [1.165, 1.54) is 23.1 Å². The topological polar surface area (TPSA) is 84.0 Å². The minimum Gasteiger partial charge on any atom is -0.325 e. The maximum Gasteiger partial charge on any atom is 0.236 e. The van der Waals surface area contributed by atoms with Crippen LogP contribution in [-0.4, -0.2) is 33.5 Å². The van der Waals surface area contributed by atoms with Crippen molar-refractivity contribution < 1.29 is 9.59 Å². The minimum absolute atomic E-state index is 0.171. The molecule has 1 aromatic heterocycles. The van der Waals surface area contributed by atoms with Crippen LogP contribution in [0.15, 0.2) is 24.3 Å². The van der Waals surface area contributed by atoms with Crippen LogP contribution < -0.4 is 10.6 Å². The van der Waals surface area contributed by atoms with Crippen molar-refractivity contribution >= 4 is 57.3 Å². The number of amides is 2. The van der Waals surface area contributed by atoms with Crippen LogP contribution in [0, 0.1) is 0 Å². The molecule has 9 heteroatoms. The van der Waals surface area contributed by atoms with Gasteiger partial charge in [0.15, 0.2) is 0 Å². The summed E-state index contributed by atoms with van der Waals surface area (Å²) in [6, 6.07) is 6.84. The van der Waals surface area contributed by atoms with Gasteiger partial charge in [-0.05, 0) is 24.3 Å². The van der Waals surface area contributed by atoms with Crippen LogP contribution in [0.1, 0.15) is 24.8 Å². The molecular weight excluding hydrogens is 368 g/mol. The number of hydrogen-bond donors (Lipinski definition) is 2. The van der Waals surface area contributed by atoms with Gasteiger partial charge in [0.05, 0.1) is 11.5 Å². The molecule has 2 amide bonds. The summed E-state index contributed by atoms with van der Waals surface area (Å²) in [5.74, 6) is 0.256. The van der Waals surface area contributed by atoms with Gasteiger partial charge in [-0.25, -0.2) is 0 Å². The maximum absolute atomic E-state index is 11.8. The summed E-state index contributed by atoms with van der Waals surface area (Å²) in [5, 5.41) is 15.3. The lowest BCUT2D eigenvalue weighted by Gasteiger charge is -2.05. The van der Waals surface area contributed by atoms with E-state index in [1.54, 1.807) is 24.3 Å². The summed E-state index contributed by atoms with van der Waals surface area (Å²) < 4.78 is 0. The van der Waals surface area contributed by atoms with Gasteiger partial charge >= 0.3 is 0 Å². The number of nitrogens with zero attached hydrogens (tertiary/aromatic N) is 2. The number of halogens is 1. The number of benzene rings is 1. The Labute approximate surface area is 153 Å². The van der Waals surface area contributed by atoms with E-state index in [0.29, 0.717) is 15.8 Å². The largest absolute Gasteiger partial charge is 0.325 e. The first-order valence-corrected chi connectivity index (χ1v) is 9.55. The first kappa shape index (κ1) is 18.7. The summed E-state index contributed by atoms with van der Waals surface area (Å²) in [5.41, 5.74) is 0.671. The van der Waals surface area contributed by atoms with Crippen molar-refractivity contribution in [2.75, 3.05) is 22.1 Å². The predicted octanol–water partition coefficient (Wildman–Crippen LogP) is 3.63. The Morgan fingerprint density at radius 2 is 1.75 bits per heavy atom. The van der Waals surface area contributed by atoms with Gasteiger partial charge in [-0.15, -0.1) is 22.0 Å². The second kappa shape index (κ2) is 9.00. The molecule has 0 aliphatic heterocycles. The summed E-state index contributed by atoms with van der Waals surface area (Å²) in [7, 11) is 0. The van der Waals surface area contributed by atoms with Gasteiger partial charge < -0.3 is 5.32 Å². The Hall–Kier alpha value is -1.64. The quantitative estimate of drug-likeness (QED) is 0.761. The fraction of sp³-hybridized carbons (Fsp3) is 0.333. The van der Waals surface area contributed by atoms with Crippen LogP contribution in [0.5, 0.6) is 0 Å². The molecule has 0 saturated heterocycles. The highest BCUT2D eigenvalue weighted by molar-refractivity contribution is 8.00. The molecule has 0 aliphatic carbocycles. The third-order valence-electron chi connectivity index (χ3n) is 2.78. The smallest absolute Gasteiger partial charge is 0.236 e. The predicted molar refractivity (Wildman–Crippen MR) is 100 cm³/mol. The van der Waals surface area contributed by atoms with Crippen molar-refractivity contribution in [1.29, 1.82) is 0 Å². The molecule has 2 N–H and O–H groups in total. The van der Waals surface area contributed by atoms with Crippen LogP contribution in [0.4, 0.5) is 10.8 Å². The fourth-order valence-corrected chi connectivity index (χ4v) is 3.15. The van der Waals surface area contributed by atoms with Gasteiger partial charge in [0.2, 0.25) is 16.9 Å². The highest BCUT2D eigenvalue weighted by atomic mass is 35.5. The van der Waals surface area contributed by atoms with Crippen LogP contribution >= 0.6 is 34.7 Å². The normalized spacial score (nSPS) is 10.7. The third-order valence-corrected chi connectivity index (χ3v) is 5.10. The first-order valence-electron chi connectivity index (χ1n) is 7.20. The molecule has 1 aromatic carbocycles. The molecule has 2 rings (SSSR count). The first-order chi connectivity index (χ1) is 11.4. The number of thioether (sulfide) groups is 1. The number of carbonyl (C=O) groups excluding carboxylic acids is 2.